The van der Waals surface area contributed by atoms with Crippen LogP contribution in [0.3, 0.4) is 0 Å². The number of carbonyl (C=O) groups is 2. The average molecular weight is 296 g/mol. The number of hydrogen-bond acceptors (Lipinski definition) is 3. The molecule has 1 heterocycles. The summed E-state index contributed by atoms with van der Waals surface area (Å²) < 4.78 is 26.3. The van der Waals surface area contributed by atoms with Crippen molar-refractivity contribution < 1.29 is 23.5 Å². The van der Waals surface area contributed by atoms with Crippen LogP contribution in [0.2, 0.25) is 0 Å². The summed E-state index contributed by atoms with van der Waals surface area (Å²) in [4.78, 5) is 24.4. The fourth-order valence-electron chi connectivity index (χ4n) is 2.04. The maximum Gasteiger partial charge on any atom is 0.267 e. The quantitative estimate of drug-likeness (QED) is 0.662. The molecule has 1 aromatic carbocycles. The first-order chi connectivity index (χ1) is 9.82. The van der Waals surface area contributed by atoms with E-state index in [0.717, 1.165) is 11.0 Å². The molecule has 0 unspecified atom stereocenters. The van der Waals surface area contributed by atoms with Gasteiger partial charge in [0.25, 0.3) is 11.8 Å². The van der Waals surface area contributed by atoms with E-state index in [1.54, 1.807) is 0 Å². The summed E-state index contributed by atoms with van der Waals surface area (Å²) in [6, 6.07) is 3.79. The molecule has 21 heavy (non-hydrogen) atoms. The van der Waals surface area contributed by atoms with E-state index in [9.17, 15) is 23.5 Å². The zero-order chi connectivity index (χ0) is 15.6. The van der Waals surface area contributed by atoms with E-state index < -0.39 is 24.3 Å². The monoisotopic (exact) mass is 296 g/mol. The standard InChI is InChI=1S/C14H14F2N2O3/c1-2-12(20)17-10-7-9(3-4-11(10)19)13(21)18-6-5-14(15,16)8-18/h2-4,7,19H,1,5-6,8H2,(H,17,20). The molecule has 1 fully saturated rings. The summed E-state index contributed by atoms with van der Waals surface area (Å²) in [6.07, 6.45) is 0.645. The molecule has 0 radical (unpaired) electrons. The minimum atomic E-state index is -2.87. The van der Waals surface area contributed by atoms with Crippen molar-refractivity contribution in [1.82, 2.24) is 4.90 Å². The summed E-state index contributed by atoms with van der Waals surface area (Å²) in [5.41, 5.74) is 0.140. The maximum absolute atomic E-state index is 13.1. The minimum Gasteiger partial charge on any atom is -0.506 e. The number of amides is 2. The Labute approximate surface area is 119 Å². The third kappa shape index (κ3) is 3.36. The number of benzene rings is 1. The number of phenolic OH excluding ortho intramolecular Hbond substituents is 1. The molecule has 0 aromatic heterocycles. The Morgan fingerprint density at radius 2 is 2.14 bits per heavy atom. The summed E-state index contributed by atoms with van der Waals surface area (Å²) >= 11 is 0. The number of carbonyl (C=O) groups excluding carboxylic acids is 2. The van der Waals surface area contributed by atoms with Crippen molar-refractivity contribution >= 4 is 17.5 Å². The highest BCUT2D eigenvalue weighted by Gasteiger charge is 2.40. The predicted octanol–water partition coefficient (Wildman–Crippen LogP) is 2.00. The highest BCUT2D eigenvalue weighted by Crippen LogP contribution is 2.29. The van der Waals surface area contributed by atoms with E-state index in [0.29, 0.717) is 0 Å². The molecular weight excluding hydrogens is 282 g/mol. The molecule has 2 N–H and O–H groups in total. The Balaban J connectivity index is 2.20. The number of halogens is 2. The number of phenols is 1. The van der Waals surface area contributed by atoms with Gasteiger partial charge in [-0.1, -0.05) is 6.58 Å². The van der Waals surface area contributed by atoms with Gasteiger partial charge in [0, 0.05) is 18.5 Å². The molecule has 0 aliphatic carbocycles. The van der Waals surface area contributed by atoms with Gasteiger partial charge in [-0.3, -0.25) is 9.59 Å². The Bertz CT molecular complexity index is 602. The van der Waals surface area contributed by atoms with Gasteiger partial charge in [-0.25, -0.2) is 8.78 Å². The van der Waals surface area contributed by atoms with Gasteiger partial charge >= 0.3 is 0 Å². The molecule has 112 valence electrons. The highest BCUT2D eigenvalue weighted by molar-refractivity contribution is 6.02. The van der Waals surface area contributed by atoms with Crippen LogP contribution in [0.1, 0.15) is 16.8 Å². The average Bonchev–Trinajstić information content (AvgIpc) is 2.80. The van der Waals surface area contributed by atoms with Gasteiger partial charge in [0.1, 0.15) is 5.75 Å². The molecular formula is C14H14F2N2O3. The normalized spacial score (nSPS) is 16.6. The molecule has 1 aliphatic rings. The number of likely N-dealkylation sites (tertiary alicyclic amines) is 1. The second-order valence-electron chi connectivity index (χ2n) is 4.76. The molecule has 1 aliphatic heterocycles. The molecule has 1 aromatic rings. The van der Waals surface area contributed by atoms with Crippen molar-refractivity contribution in [3.63, 3.8) is 0 Å². The molecule has 2 amide bonds. The fraction of sp³-hybridized carbons (Fsp3) is 0.286. The van der Waals surface area contributed by atoms with Crippen LogP contribution in [-0.2, 0) is 4.79 Å². The topological polar surface area (TPSA) is 69.6 Å². The van der Waals surface area contributed by atoms with Crippen LogP contribution in [0.25, 0.3) is 0 Å². The van der Waals surface area contributed by atoms with Crippen molar-refractivity contribution in [2.75, 3.05) is 18.4 Å². The summed E-state index contributed by atoms with van der Waals surface area (Å²) in [5.74, 6) is -4.22. The van der Waals surface area contributed by atoms with E-state index in [1.165, 1.54) is 18.2 Å². The molecule has 0 saturated carbocycles. The lowest BCUT2D eigenvalue weighted by Crippen LogP contribution is -2.31. The van der Waals surface area contributed by atoms with Gasteiger partial charge in [0.05, 0.1) is 12.2 Å². The van der Waals surface area contributed by atoms with E-state index in [4.69, 9.17) is 0 Å². The smallest absolute Gasteiger partial charge is 0.267 e. The lowest BCUT2D eigenvalue weighted by Gasteiger charge is -2.17. The van der Waals surface area contributed by atoms with Crippen LogP contribution < -0.4 is 5.32 Å². The SMILES string of the molecule is C=CC(=O)Nc1cc(C(=O)N2CCC(F)(F)C2)ccc1O. The Morgan fingerprint density at radius 3 is 2.71 bits per heavy atom. The fourth-order valence-corrected chi connectivity index (χ4v) is 2.04. The number of anilines is 1. The number of alkyl halides is 2. The zero-order valence-corrected chi connectivity index (χ0v) is 11.1. The number of rotatable bonds is 3. The van der Waals surface area contributed by atoms with E-state index in [-0.39, 0.29) is 30.0 Å². The molecule has 5 nitrogen and oxygen atoms in total. The summed E-state index contributed by atoms with van der Waals surface area (Å²) in [5, 5.41) is 12.0. The number of aromatic hydroxyl groups is 1. The molecule has 1 saturated heterocycles. The summed E-state index contributed by atoms with van der Waals surface area (Å²) in [6.45, 7) is 2.62. The Kier molecular flexibility index (Phi) is 3.93. The molecule has 2 rings (SSSR count). The van der Waals surface area contributed by atoms with Crippen LogP contribution in [0.4, 0.5) is 14.5 Å². The van der Waals surface area contributed by atoms with E-state index in [2.05, 4.69) is 11.9 Å². The second-order valence-corrected chi connectivity index (χ2v) is 4.76. The van der Waals surface area contributed by atoms with Crippen molar-refractivity contribution in [3.05, 3.63) is 36.4 Å². The molecule has 0 atom stereocenters. The van der Waals surface area contributed by atoms with Crippen LogP contribution in [0.5, 0.6) is 5.75 Å². The first-order valence-corrected chi connectivity index (χ1v) is 6.26. The van der Waals surface area contributed by atoms with Crippen LogP contribution in [0.15, 0.2) is 30.9 Å². The number of nitrogens with one attached hydrogen (secondary N) is 1. The Hall–Kier alpha value is -2.44. The second kappa shape index (κ2) is 5.51. The van der Waals surface area contributed by atoms with Gasteiger partial charge in [-0.15, -0.1) is 0 Å². The zero-order valence-electron chi connectivity index (χ0n) is 11.1. The van der Waals surface area contributed by atoms with E-state index >= 15 is 0 Å². The first-order valence-electron chi connectivity index (χ1n) is 6.26. The minimum absolute atomic E-state index is 0.0247. The Morgan fingerprint density at radius 1 is 1.43 bits per heavy atom. The number of nitrogens with zero attached hydrogens (tertiary/aromatic N) is 1. The van der Waals surface area contributed by atoms with Gasteiger partial charge in [-0.05, 0) is 24.3 Å². The molecule has 0 bridgehead atoms. The maximum atomic E-state index is 13.1. The lowest BCUT2D eigenvalue weighted by atomic mass is 10.1. The van der Waals surface area contributed by atoms with Crippen LogP contribution >= 0.6 is 0 Å². The lowest BCUT2D eigenvalue weighted by molar-refractivity contribution is -0.111. The van der Waals surface area contributed by atoms with Gasteiger partial charge in [0.2, 0.25) is 5.91 Å². The van der Waals surface area contributed by atoms with Crippen molar-refractivity contribution in [3.8, 4) is 5.75 Å². The van der Waals surface area contributed by atoms with Gasteiger partial charge in [0.15, 0.2) is 0 Å². The van der Waals surface area contributed by atoms with Gasteiger partial charge in [-0.2, -0.15) is 0 Å². The van der Waals surface area contributed by atoms with E-state index in [1.807, 2.05) is 0 Å². The van der Waals surface area contributed by atoms with Crippen LogP contribution in [-0.4, -0.2) is 40.8 Å². The van der Waals surface area contributed by atoms with Crippen molar-refractivity contribution in [2.45, 2.75) is 12.3 Å². The largest absolute Gasteiger partial charge is 0.506 e. The summed E-state index contributed by atoms with van der Waals surface area (Å²) in [7, 11) is 0. The first kappa shape index (κ1) is 15.0. The highest BCUT2D eigenvalue weighted by atomic mass is 19.3. The third-order valence-corrected chi connectivity index (χ3v) is 3.14. The van der Waals surface area contributed by atoms with Crippen molar-refractivity contribution in [2.24, 2.45) is 0 Å². The van der Waals surface area contributed by atoms with Crippen molar-refractivity contribution in [1.29, 1.82) is 0 Å². The number of hydrogen-bond donors (Lipinski definition) is 2. The molecule has 0 spiro atoms. The predicted molar refractivity (Wildman–Crippen MR) is 72.4 cm³/mol. The molecule has 7 heteroatoms. The third-order valence-electron chi connectivity index (χ3n) is 3.14. The van der Waals surface area contributed by atoms with Gasteiger partial charge < -0.3 is 15.3 Å². The van der Waals surface area contributed by atoms with Crippen LogP contribution in [0, 0.1) is 0 Å².